The minimum absolute atomic E-state index is 0.179. The van der Waals surface area contributed by atoms with Gasteiger partial charge in [0, 0.05) is 31.0 Å². The van der Waals surface area contributed by atoms with Crippen molar-refractivity contribution in [3.63, 3.8) is 0 Å². The van der Waals surface area contributed by atoms with Crippen molar-refractivity contribution in [2.75, 3.05) is 22.6 Å². The molecule has 0 saturated carbocycles. The van der Waals surface area contributed by atoms with Crippen LogP contribution in [0.5, 0.6) is 0 Å². The average molecular weight is 311 g/mol. The molecule has 0 spiro atoms. The number of nitrogens with one attached hydrogen (secondary N) is 2. The first-order chi connectivity index (χ1) is 11.0. The van der Waals surface area contributed by atoms with Crippen LogP contribution in [-0.4, -0.2) is 24.8 Å². The Labute approximate surface area is 134 Å². The third kappa shape index (κ3) is 4.41. The lowest BCUT2D eigenvalue weighted by Gasteiger charge is -2.16. The van der Waals surface area contributed by atoms with Crippen molar-refractivity contribution in [3.8, 4) is 0 Å². The number of rotatable bonds is 3. The van der Waals surface area contributed by atoms with Gasteiger partial charge in [-0.3, -0.25) is 14.4 Å². The fourth-order valence-electron chi connectivity index (χ4n) is 1.95. The molecule has 2 N–H and O–H groups in total. The van der Waals surface area contributed by atoms with E-state index in [0.29, 0.717) is 17.1 Å². The normalized spacial score (nSPS) is 9.83. The third-order valence-corrected chi connectivity index (χ3v) is 3.11. The van der Waals surface area contributed by atoms with Crippen LogP contribution in [-0.2, 0) is 14.4 Å². The van der Waals surface area contributed by atoms with Crippen molar-refractivity contribution in [2.24, 2.45) is 0 Å². The number of amides is 3. The summed E-state index contributed by atoms with van der Waals surface area (Å²) in [7, 11) is 1.54. The Morgan fingerprint density at radius 3 is 1.87 bits per heavy atom. The SMILES string of the molecule is CC(=O)Nc1ccc(NC(=O)C(=O)N(C)c2ccccc2)cc1. The minimum atomic E-state index is -0.733. The van der Waals surface area contributed by atoms with Gasteiger partial charge in [-0.1, -0.05) is 18.2 Å². The zero-order chi connectivity index (χ0) is 16.8. The summed E-state index contributed by atoms with van der Waals surface area (Å²) in [6, 6.07) is 15.4. The number of carbonyl (C=O) groups is 3. The molecule has 3 amide bonds. The highest BCUT2D eigenvalue weighted by molar-refractivity contribution is 6.44. The van der Waals surface area contributed by atoms with Gasteiger partial charge in [0.15, 0.2) is 0 Å². The quantitative estimate of drug-likeness (QED) is 0.853. The Kier molecular flexibility index (Phi) is 5.09. The summed E-state index contributed by atoms with van der Waals surface area (Å²) in [5.74, 6) is -1.58. The topological polar surface area (TPSA) is 78.5 Å². The van der Waals surface area contributed by atoms with Gasteiger partial charge in [0.05, 0.1) is 0 Å². The lowest BCUT2D eigenvalue weighted by molar-refractivity contribution is -0.134. The first-order valence-corrected chi connectivity index (χ1v) is 6.99. The average Bonchev–Trinajstić information content (AvgIpc) is 2.55. The lowest BCUT2D eigenvalue weighted by Crippen LogP contribution is -2.37. The molecule has 23 heavy (non-hydrogen) atoms. The molecule has 0 fully saturated rings. The summed E-state index contributed by atoms with van der Waals surface area (Å²) < 4.78 is 0. The van der Waals surface area contributed by atoms with Crippen LogP contribution in [0, 0.1) is 0 Å². The van der Waals surface area contributed by atoms with E-state index in [4.69, 9.17) is 0 Å². The summed E-state index contributed by atoms with van der Waals surface area (Å²) in [5.41, 5.74) is 1.72. The molecule has 118 valence electrons. The van der Waals surface area contributed by atoms with Crippen molar-refractivity contribution < 1.29 is 14.4 Å². The van der Waals surface area contributed by atoms with Gasteiger partial charge in [-0.2, -0.15) is 0 Å². The van der Waals surface area contributed by atoms with Gasteiger partial charge in [-0.25, -0.2) is 0 Å². The van der Waals surface area contributed by atoms with Gasteiger partial charge in [0.1, 0.15) is 0 Å². The zero-order valence-electron chi connectivity index (χ0n) is 12.9. The Balaban J connectivity index is 2.01. The van der Waals surface area contributed by atoms with Crippen LogP contribution in [0.15, 0.2) is 54.6 Å². The molecule has 0 radical (unpaired) electrons. The monoisotopic (exact) mass is 311 g/mol. The summed E-state index contributed by atoms with van der Waals surface area (Å²) in [6.45, 7) is 1.41. The number of anilines is 3. The molecule has 0 heterocycles. The van der Waals surface area contributed by atoms with E-state index in [1.165, 1.54) is 18.9 Å². The number of nitrogens with zero attached hydrogens (tertiary/aromatic N) is 1. The zero-order valence-corrected chi connectivity index (χ0v) is 12.9. The van der Waals surface area contributed by atoms with Crippen molar-refractivity contribution in [3.05, 3.63) is 54.6 Å². The summed E-state index contributed by atoms with van der Waals surface area (Å²) >= 11 is 0. The maximum atomic E-state index is 12.1. The van der Waals surface area contributed by atoms with Crippen LogP contribution >= 0.6 is 0 Å². The summed E-state index contributed by atoms with van der Waals surface area (Å²) in [4.78, 5) is 36.4. The second kappa shape index (κ2) is 7.22. The predicted molar refractivity (Wildman–Crippen MR) is 89.2 cm³/mol. The minimum Gasteiger partial charge on any atom is -0.326 e. The van der Waals surface area contributed by atoms with Crippen molar-refractivity contribution in [1.29, 1.82) is 0 Å². The number of carbonyl (C=O) groups excluding carboxylic acids is 3. The van der Waals surface area contributed by atoms with E-state index in [0.717, 1.165) is 0 Å². The van der Waals surface area contributed by atoms with Gasteiger partial charge in [0.2, 0.25) is 5.91 Å². The number of para-hydroxylation sites is 1. The van der Waals surface area contributed by atoms with E-state index in [9.17, 15) is 14.4 Å². The van der Waals surface area contributed by atoms with Crippen LogP contribution in [0.3, 0.4) is 0 Å². The molecule has 0 bridgehead atoms. The second-order valence-electron chi connectivity index (χ2n) is 4.91. The Bertz CT molecular complexity index is 712. The van der Waals surface area contributed by atoms with E-state index < -0.39 is 11.8 Å². The first kappa shape index (κ1) is 16.2. The van der Waals surface area contributed by atoms with Gasteiger partial charge in [0.25, 0.3) is 0 Å². The van der Waals surface area contributed by atoms with Gasteiger partial charge < -0.3 is 15.5 Å². The molecule has 0 atom stereocenters. The molecule has 0 aromatic heterocycles. The van der Waals surface area contributed by atoms with Crippen molar-refractivity contribution in [1.82, 2.24) is 0 Å². The molecule has 0 aliphatic heterocycles. The fraction of sp³-hybridized carbons (Fsp3) is 0.118. The highest BCUT2D eigenvalue weighted by Gasteiger charge is 2.19. The fourth-order valence-corrected chi connectivity index (χ4v) is 1.95. The van der Waals surface area contributed by atoms with Crippen molar-refractivity contribution in [2.45, 2.75) is 6.92 Å². The molecular weight excluding hydrogens is 294 g/mol. The summed E-state index contributed by atoms with van der Waals surface area (Å²) in [5, 5.41) is 5.15. The molecule has 2 aromatic carbocycles. The van der Waals surface area contributed by atoms with Crippen LogP contribution in [0.2, 0.25) is 0 Å². The Morgan fingerprint density at radius 2 is 1.35 bits per heavy atom. The van der Waals surface area contributed by atoms with E-state index in [1.807, 2.05) is 6.07 Å². The van der Waals surface area contributed by atoms with Gasteiger partial charge >= 0.3 is 11.8 Å². The smallest absolute Gasteiger partial charge is 0.316 e. The largest absolute Gasteiger partial charge is 0.326 e. The highest BCUT2D eigenvalue weighted by atomic mass is 16.2. The molecule has 2 aromatic rings. The van der Waals surface area contributed by atoms with E-state index in [-0.39, 0.29) is 5.91 Å². The van der Waals surface area contributed by atoms with Gasteiger partial charge in [-0.15, -0.1) is 0 Å². The molecular formula is C17H17N3O3. The molecule has 0 aliphatic rings. The predicted octanol–water partition coefficient (Wildman–Crippen LogP) is 2.25. The molecule has 0 saturated heterocycles. The van der Waals surface area contributed by atoms with E-state index >= 15 is 0 Å². The third-order valence-electron chi connectivity index (χ3n) is 3.11. The van der Waals surface area contributed by atoms with E-state index in [2.05, 4.69) is 10.6 Å². The second-order valence-corrected chi connectivity index (χ2v) is 4.91. The van der Waals surface area contributed by atoms with Crippen LogP contribution in [0.1, 0.15) is 6.92 Å². The molecule has 6 nitrogen and oxygen atoms in total. The molecule has 0 aliphatic carbocycles. The van der Waals surface area contributed by atoms with Gasteiger partial charge in [-0.05, 0) is 36.4 Å². The number of hydrogen-bond acceptors (Lipinski definition) is 3. The Morgan fingerprint density at radius 1 is 0.826 bits per heavy atom. The summed E-state index contributed by atoms with van der Waals surface area (Å²) in [6.07, 6.45) is 0. The van der Waals surface area contributed by atoms with Crippen LogP contribution < -0.4 is 15.5 Å². The highest BCUT2D eigenvalue weighted by Crippen LogP contribution is 2.15. The van der Waals surface area contributed by atoms with Crippen LogP contribution in [0.25, 0.3) is 0 Å². The lowest BCUT2D eigenvalue weighted by atomic mass is 10.2. The number of benzene rings is 2. The first-order valence-electron chi connectivity index (χ1n) is 6.99. The Hall–Kier alpha value is -3.15. The number of likely N-dealkylation sites (N-methyl/N-ethyl adjacent to an activating group) is 1. The maximum absolute atomic E-state index is 12.1. The van der Waals surface area contributed by atoms with Crippen LogP contribution in [0.4, 0.5) is 17.1 Å². The number of hydrogen-bond donors (Lipinski definition) is 2. The van der Waals surface area contributed by atoms with Crippen molar-refractivity contribution >= 4 is 34.8 Å². The molecule has 0 unspecified atom stereocenters. The van der Waals surface area contributed by atoms with E-state index in [1.54, 1.807) is 48.5 Å². The standard InChI is InChI=1S/C17H17N3O3/c1-12(21)18-13-8-10-14(11-9-13)19-16(22)17(23)20(2)15-6-4-3-5-7-15/h3-11H,1-2H3,(H,18,21)(H,19,22). The maximum Gasteiger partial charge on any atom is 0.316 e. The molecule has 2 rings (SSSR count). The molecule has 6 heteroatoms.